The second-order valence-electron chi connectivity index (χ2n) is 19.9. The van der Waals surface area contributed by atoms with E-state index in [1.54, 1.807) is 0 Å². The minimum Gasteiger partial charge on any atom is -0.126 e. The van der Waals surface area contributed by atoms with Crippen LogP contribution in [0.15, 0.2) is 315 Å². The number of nitrogens with zero attached hydrogens (tertiary/aromatic N) is 8. The van der Waals surface area contributed by atoms with Crippen LogP contribution in [0, 0.1) is 0 Å². The minimum absolute atomic E-state index is 0.482. The Bertz CT molecular complexity index is 3650. The molecule has 2 aromatic heterocycles. The summed E-state index contributed by atoms with van der Waals surface area (Å²) in [5, 5.41) is 37.9. The van der Waals surface area contributed by atoms with Crippen LogP contribution in [0.2, 0.25) is 0 Å². The van der Waals surface area contributed by atoms with Gasteiger partial charge in [-0.3, -0.25) is 0 Å². The molecule has 0 aliphatic rings. The van der Waals surface area contributed by atoms with Crippen LogP contribution in [0.3, 0.4) is 0 Å². The molecule has 14 rings (SSSR count). The van der Waals surface area contributed by atoms with Gasteiger partial charge in [0.2, 0.25) is 23.3 Å². The molecule has 0 atom stereocenters. The molecular weight excluding hydrogens is 1020 g/mol. The van der Waals surface area contributed by atoms with E-state index in [9.17, 15) is 0 Å². The molecule has 0 bridgehead atoms. The second kappa shape index (κ2) is 24.5. The number of hydrogen-bond acceptors (Lipinski definition) is 8. The van der Waals surface area contributed by atoms with Gasteiger partial charge in [0.15, 0.2) is 0 Å². The summed E-state index contributed by atoms with van der Waals surface area (Å²) in [5.74, 6) is 1.93. The van der Waals surface area contributed by atoms with Gasteiger partial charge in [0.25, 0.3) is 0 Å². The highest BCUT2D eigenvalue weighted by Gasteiger charge is 2.23. The molecule has 0 amide bonds. The molecule has 84 heavy (non-hydrogen) atoms. The van der Waals surface area contributed by atoms with Crippen LogP contribution in [0.1, 0.15) is 0 Å². The summed E-state index contributed by atoms with van der Waals surface area (Å²) in [7, 11) is 0. The van der Waals surface area contributed by atoms with Gasteiger partial charge in [-0.05, 0) is 89.0 Å². The van der Waals surface area contributed by atoms with E-state index < -0.39 is 0 Å². The van der Waals surface area contributed by atoms with Crippen molar-refractivity contribution >= 4 is 0 Å². The fourth-order valence-electron chi connectivity index (χ4n) is 10.9. The molecule has 0 saturated carbocycles. The first kappa shape index (κ1) is 51.9. The molecule has 0 saturated heterocycles. The van der Waals surface area contributed by atoms with E-state index in [4.69, 9.17) is 40.8 Å². The third-order valence-electron chi connectivity index (χ3n) is 14.8. The van der Waals surface area contributed by atoms with Crippen LogP contribution in [-0.2, 0) is 0 Å². The van der Waals surface area contributed by atoms with Gasteiger partial charge in [-0.2, -0.15) is 0 Å². The highest BCUT2D eigenvalue weighted by atomic mass is 15.3. The summed E-state index contributed by atoms with van der Waals surface area (Å²) in [4.78, 5) is 0. The lowest BCUT2D eigenvalue weighted by molar-refractivity contribution is 0.877. The molecule has 2 heterocycles. The van der Waals surface area contributed by atoms with Crippen molar-refractivity contribution in [3.8, 4) is 135 Å². The first-order chi connectivity index (χ1) is 41.7. The Balaban J connectivity index is 0.000000157. The van der Waals surface area contributed by atoms with Gasteiger partial charge in [0.05, 0.1) is 0 Å². The zero-order valence-corrected chi connectivity index (χ0v) is 45.6. The van der Waals surface area contributed by atoms with Crippen molar-refractivity contribution in [2.24, 2.45) is 0 Å². The summed E-state index contributed by atoms with van der Waals surface area (Å²) < 4.78 is 0. The highest BCUT2D eigenvalue weighted by molar-refractivity contribution is 5.96. The van der Waals surface area contributed by atoms with Crippen molar-refractivity contribution in [2.75, 3.05) is 0 Å². The maximum atomic E-state index is 4.74. The first-order valence-corrected chi connectivity index (χ1v) is 27.9. The monoisotopic (exact) mass is 1080 g/mol. The highest BCUT2D eigenvalue weighted by Crippen LogP contribution is 2.43. The Morgan fingerprint density at radius 2 is 0.238 bits per heavy atom. The molecule has 0 aliphatic heterocycles. The molecule has 0 N–H and O–H groups in total. The molecule has 12 aromatic carbocycles. The Morgan fingerprint density at radius 3 is 0.357 bits per heavy atom. The third kappa shape index (κ3) is 10.9. The van der Waals surface area contributed by atoms with Crippen molar-refractivity contribution in [1.82, 2.24) is 40.8 Å². The number of rotatable bonds is 12. The van der Waals surface area contributed by atoms with Crippen LogP contribution < -0.4 is 0 Å². The topological polar surface area (TPSA) is 103 Å². The normalized spacial score (nSPS) is 10.9. The van der Waals surface area contributed by atoms with Crippen molar-refractivity contribution in [3.05, 3.63) is 315 Å². The zero-order valence-electron chi connectivity index (χ0n) is 45.6. The van der Waals surface area contributed by atoms with Crippen LogP contribution in [-0.4, -0.2) is 40.8 Å². The van der Waals surface area contributed by atoms with Gasteiger partial charge < -0.3 is 0 Å². The van der Waals surface area contributed by atoms with E-state index in [0.29, 0.717) is 23.3 Å². The second-order valence-corrected chi connectivity index (χ2v) is 19.9. The molecule has 0 spiro atoms. The lowest BCUT2D eigenvalue weighted by atomic mass is 9.91. The van der Waals surface area contributed by atoms with Gasteiger partial charge in [0.1, 0.15) is 0 Å². The fraction of sp³-hybridized carbons (Fsp3) is 0. The molecule has 396 valence electrons. The van der Waals surface area contributed by atoms with Gasteiger partial charge in [0, 0.05) is 22.3 Å². The molecule has 8 heteroatoms. The first-order valence-electron chi connectivity index (χ1n) is 27.9. The Morgan fingerprint density at radius 1 is 0.119 bits per heavy atom. The van der Waals surface area contributed by atoms with E-state index in [0.717, 1.165) is 111 Å². The average molecular weight is 1080 g/mol. The Kier molecular flexibility index (Phi) is 15.1. The van der Waals surface area contributed by atoms with Crippen molar-refractivity contribution in [2.45, 2.75) is 0 Å². The van der Waals surface area contributed by atoms with Gasteiger partial charge >= 0.3 is 0 Å². The average Bonchev–Trinajstić information content (AvgIpc) is 3.69. The van der Waals surface area contributed by atoms with Crippen molar-refractivity contribution in [3.63, 3.8) is 0 Å². The molecule has 0 fully saturated rings. The van der Waals surface area contributed by atoms with E-state index in [1.807, 2.05) is 146 Å². The van der Waals surface area contributed by atoms with E-state index in [1.165, 1.54) is 0 Å². The largest absolute Gasteiger partial charge is 0.204 e. The molecule has 8 nitrogen and oxygen atoms in total. The zero-order chi connectivity index (χ0) is 56.3. The molecule has 0 aliphatic carbocycles. The van der Waals surface area contributed by atoms with Crippen LogP contribution >= 0.6 is 0 Å². The summed E-state index contributed by atoms with van der Waals surface area (Å²) in [6, 6.07) is 108. The van der Waals surface area contributed by atoms with E-state index in [2.05, 4.69) is 170 Å². The van der Waals surface area contributed by atoms with Crippen LogP contribution in [0.5, 0.6) is 0 Å². The molecule has 0 radical (unpaired) electrons. The summed E-state index contributed by atoms with van der Waals surface area (Å²) in [6.07, 6.45) is 0. The molecular formula is C76H52N8. The summed E-state index contributed by atoms with van der Waals surface area (Å²) >= 11 is 0. The van der Waals surface area contributed by atoms with Gasteiger partial charge in [-0.15, -0.1) is 40.8 Å². The Hall–Kier alpha value is -11.5. The molecule has 14 aromatic rings. The number of aromatic nitrogens is 8. The molecule has 0 unspecified atom stereocenters. The number of benzene rings is 12. The summed E-state index contributed by atoms with van der Waals surface area (Å²) in [6.45, 7) is 0. The van der Waals surface area contributed by atoms with E-state index in [-0.39, 0.29) is 0 Å². The minimum atomic E-state index is 0.482. The fourth-order valence-corrected chi connectivity index (χ4v) is 10.9. The van der Waals surface area contributed by atoms with Crippen molar-refractivity contribution < 1.29 is 0 Å². The van der Waals surface area contributed by atoms with Gasteiger partial charge in [-0.1, -0.05) is 315 Å². The maximum Gasteiger partial charge on any atom is 0.204 e. The van der Waals surface area contributed by atoms with E-state index >= 15 is 0 Å². The van der Waals surface area contributed by atoms with Gasteiger partial charge in [-0.25, -0.2) is 0 Å². The lowest BCUT2D eigenvalue weighted by Crippen LogP contribution is -2.03. The predicted molar refractivity (Wildman–Crippen MR) is 340 cm³/mol. The standard InChI is InChI=1S/2C38H26N4/c2*1-5-15-27(16-6-1)31-23-13-24-32(28-17-7-2-8-18-28)35(31)37-39-41-38(42-40-37)36-33(29-19-9-3-10-20-29)25-14-26-34(36)30-21-11-4-12-22-30/h2*1-26H. The maximum absolute atomic E-state index is 4.74. The smallest absolute Gasteiger partial charge is 0.126 e. The predicted octanol–water partition coefficient (Wildman–Crippen LogP) is 18.5. The number of hydrogen-bond donors (Lipinski definition) is 0. The quantitative estimate of drug-likeness (QED) is 0.119. The third-order valence-corrected chi connectivity index (χ3v) is 14.8. The lowest BCUT2D eigenvalue weighted by Gasteiger charge is -2.16. The Labute approximate surface area is 488 Å². The summed E-state index contributed by atoms with van der Waals surface area (Å²) in [5.41, 5.74) is 20.5. The van der Waals surface area contributed by atoms with Crippen LogP contribution in [0.4, 0.5) is 0 Å². The van der Waals surface area contributed by atoms with Crippen LogP contribution in [0.25, 0.3) is 135 Å². The SMILES string of the molecule is c1ccc(-c2cccc(-c3ccccc3)c2-c2nnc(-c3c(-c4ccccc4)cccc3-c3ccccc3)nn2)cc1.c1ccc(-c2cccc(-c3ccccc3)c2-c2nnc(-c3c(-c4ccccc4)cccc3-c3ccccc3)nn2)cc1. The van der Waals surface area contributed by atoms with Crippen molar-refractivity contribution in [1.29, 1.82) is 0 Å².